The van der Waals surface area contributed by atoms with Crippen molar-refractivity contribution in [3.63, 3.8) is 0 Å². The second-order valence-electron chi connectivity index (χ2n) is 5.59. The molecule has 0 bridgehead atoms. The van der Waals surface area contributed by atoms with Crippen molar-refractivity contribution in [3.8, 4) is 0 Å². The number of hydrogen-bond acceptors (Lipinski definition) is 4. The summed E-state index contributed by atoms with van der Waals surface area (Å²) in [4.78, 5) is 19.0. The van der Waals surface area contributed by atoms with E-state index in [2.05, 4.69) is 15.2 Å². The van der Waals surface area contributed by atoms with E-state index in [0.29, 0.717) is 21.6 Å². The molecule has 3 rings (SSSR count). The Kier molecular flexibility index (Phi) is 5.29. The number of amides is 2. The topological polar surface area (TPSA) is 45.2 Å². The first-order valence-electron chi connectivity index (χ1n) is 7.52. The van der Waals surface area contributed by atoms with Crippen LogP contribution < -0.4 is 5.32 Å². The van der Waals surface area contributed by atoms with Gasteiger partial charge in [0.05, 0.1) is 6.20 Å². The number of urea groups is 1. The van der Waals surface area contributed by atoms with Crippen LogP contribution >= 0.6 is 34.7 Å². The minimum atomic E-state index is 0.00446. The smallest absolute Gasteiger partial charge is 0.318 e. The van der Waals surface area contributed by atoms with Gasteiger partial charge in [-0.1, -0.05) is 35.8 Å². The highest BCUT2D eigenvalue weighted by Gasteiger charge is 2.33. The van der Waals surface area contributed by atoms with Crippen LogP contribution in [0.15, 0.2) is 6.20 Å². The summed E-state index contributed by atoms with van der Waals surface area (Å²) in [7, 11) is 0. The molecule has 0 spiro atoms. The van der Waals surface area contributed by atoms with Gasteiger partial charge in [-0.3, -0.25) is 5.32 Å². The number of hydrogen-bond donors (Lipinski definition) is 1. The van der Waals surface area contributed by atoms with Gasteiger partial charge in [0.15, 0.2) is 5.13 Å². The van der Waals surface area contributed by atoms with E-state index < -0.39 is 0 Å². The third-order valence-corrected chi connectivity index (χ3v) is 6.31. The molecule has 2 fully saturated rings. The van der Waals surface area contributed by atoms with Gasteiger partial charge >= 0.3 is 6.03 Å². The van der Waals surface area contributed by atoms with Gasteiger partial charge in [-0.25, -0.2) is 9.78 Å². The number of rotatable bonds is 3. The summed E-state index contributed by atoms with van der Waals surface area (Å²) in [6.45, 7) is 0. The van der Waals surface area contributed by atoms with E-state index in [-0.39, 0.29) is 6.03 Å². The summed E-state index contributed by atoms with van der Waals surface area (Å²) in [6.07, 6.45) is 8.53. The van der Waals surface area contributed by atoms with Crippen molar-refractivity contribution in [1.29, 1.82) is 0 Å². The fraction of sp³-hybridized carbons (Fsp3) is 0.714. The van der Waals surface area contributed by atoms with E-state index in [1.165, 1.54) is 24.2 Å². The summed E-state index contributed by atoms with van der Waals surface area (Å²) in [5, 5.41) is 3.54. The second kappa shape index (κ2) is 7.20. The van der Waals surface area contributed by atoms with Gasteiger partial charge < -0.3 is 4.90 Å². The van der Waals surface area contributed by atoms with Gasteiger partial charge in [0.1, 0.15) is 4.34 Å². The van der Waals surface area contributed by atoms with Gasteiger partial charge in [-0.2, -0.15) is 11.8 Å². The highest BCUT2D eigenvalue weighted by molar-refractivity contribution is 7.99. The van der Waals surface area contributed by atoms with Crippen molar-refractivity contribution in [2.75, 3.05) is 16.8 Å². The molecule has 0 unspecified atom stereocenters. The quantitative estimate of drug-likeness (QED) is 0.879. The van der Waals surface area contributed by atoms with Crippen LogP contribution in [0.25, 0.3) is 0 Å². The highest BCUT2D eigenvalue weighted by Crippen LogP contribution is 2.31. The standard InChI is InChI=1S/C14H20ClN3OS2/c15-12-9-16-13(21-12)17-14(19)18(10-3-1-2-4-10)11-5-7-20-8-6-11/h9-11H,1-8H2,(H,16,17,19). The maximum atomic E-state index is 12.7. The molecule has 2 aliphatic rings. The summed E-state index contributed by atoms with van der Waals surface area (Å²) >= 11 is 9.19. The van der Waals surface area contributed by atoms with Crippen LogP contribution in [-0.2, 0) is 0 Å². The molecular weight excluding hydrogens is 326 g/mol. The van der Waals surface area contributed by atoms with Crippen LogP contribution in [0, 0.1) is 0 Å². The van der Waals surface area contributed by atoms with Crippen molar-refractivity contribution in [1.82, 2.24) is 9.88 Å². The van der Waals surface area contributed by atoms with Gasteiger partial charge in [0.2, 0.25) is 0 Å². The largest absolute Gasteiger partial charge is 0.324 e. The average molecular weight is 346 g/mol. The van der Waals surface area contributed by atoms with Gasteiger partial charge in [-0.05, 0) is 37.2 Å². The SMILES string of the molecule is O=C(Nc1ncc(Cl)s1)N(C1CCCC1)C1CCSCC1. The molecule has 0 radical (unpaired) electrons. The molecule has 1 aliphatic heterocycles. The van der Waals surface area contributed by atoms with Crippen molar-refractivity contribution in [2.24, 2.45) is 0 Å². The number of carbonyl (C=O) groups is 1. The second-order valence-corrected chi connectivity index (χ2v) is 8.48. The molecule has 2 heterocycles. The first-order chi connectivity index (χ1) is 10.2. The summed E-state index contributed by atoms with van der Waals surface area (Å²) in [6, 6.07) is 0.781. The first-order valence-corrected chi connectivity index (χ1v) is 9.87. The van der Waals surface area contributed by atoms with Crippen LogP contribution in [0.5, 0.6) is 0 Å². The average Bonchev–Trinajstić information content (AvgIpc) is 3.13. The molecular formula is C14H20ClN3OS2. The Hall–Kier alpha value is -0.460. The Morgan fingerprint density at radius 3 is 2.52 bits per heavy atom. The van der Waals surface area contributed by atoms with E-state index in [1.807, 2.05) is 11.8 Å². The number of aromatic nitrogens is 1. The molecule has 0 atom stereocenters. The molecule has 1 aromatic heterocycles. The number of nitrogens with one attached hydrogen (secondary N) is 1. The Labute approximate surface area is 138 Å². The Bertz CT molecular complexity index is 484. The molecule has 7 heteroatoms. The number of thiazole rings is 1. The zero-order valence-electron chi connectivity index (χ0n) is 11.9. The van der Waals surface area contributed by atoms with Gasteiger partial charge in [-0.15, -0.1) is 0 Å². The van der Waals surface area contributed by atoms with E-state index in [1.54, 1.807) is 6.20 Å². The zero-order chi connectivity index (χ0) is 14.7. The van der Waals surface area contributed by atoms with Crippen LogP contribution in [0.4, 0.5) is 9.93 Å². The summed E-state index contributed by atoms with van der Waals surface area (Å²) in [5.41, 5.74) is 0. The van der Waals surface area contributed by atoms with Crippen molar-refractivity contribution in [2.45, 2.75) is 50.6 Å². The molecule has 1 saturated carbocycles. The minimum absolute atomic E-state index is 0.00446. The maximum Gasteiger partial charge on any atom is 0.324 e. The number of nitrogens with zero attached hydrogens (tertiary/aromatic N) is 2. The fourth-order valence-electron chi connectivity index (χ4n) is 3.24. The lowest BCUT2D eigenvalue weighted by molar-refractivity contribution is 0.151. The minimum Gasteiger partial charge on any atom is -0.318 e. The normalized spacial score (nSPS) is 20.6. The van der Waals surface area contributed by atoms with Crippen molar-refractivity contribution < 1.29 is 4.79 Å². The van der Waals surface area contributed by atoms with E-state index >= 15 is 0 Å². The third kappa shape index (κ3) is 3.85. The molecule has 2 amide bonds. The zero-order valence-corrected chi connectivity index (χ0v) is 14.3. The first kappa shape index (κ1) is 15.4. The van der Waals surface area contributed by atoms with E-state index in [4.69, 9.17) is 11.6 Å². The molecule has 1 saturated heterocycles. The predicted octanol–water partition coefficient (Wildman–Crippen LogP) is 4.47. The Morgan fingerprint density at radius 2 is 1.90 bits per heavy atom. The maximum absolute atomic E-state index is 12.7. The monoisotopic (exact) mass is 345 g/mol. The molecule has 1 N–H and O–H groups in total. The molecule has 1 aliphatic carbocycles. The Balaban J connectivity index is 1.71. The van der Waals surface area contributed by atoms with Gasteiger partial charge in [0.25, 0.3) is 0 Å². The third-order valence-electron chi connectivity index (χ3n) is 4.23. The van der Waals surface area contributed by atoms with Crippen LogP contribution in [0.2, 0.25) is 4.34 Å². The highest BCUT2D eigenvalue weighted by atomic mass is 35.5. The van der Waals surface area contributed by atoms with Gasteiger partial charge in [0, 0.05) is 12.1 Å². The molecule has 21 heavy (non-hydrogen) atoms. The number of carbonyl (C=O) groups excluding carboxylic acids is 1. The predicted molar refractivity (Wildman–Crippen MR) is 90.6 cm³/mol. The number of halogens is 1. The lowest BCUT2D eigenvalue weighted by Crippen LogP contribution is -2.49. The number of anilines is 1. The van der Waals surface area contributed by atoms with Crippen molar-refractivity contribution >= 4 is 45.9 Å². The lowest BCUT2D eigenvalue weighted by Gasteiger charge is -2.38. The van der Waals surface area contributed by atoms with Crippen LogP contribution in [0.3, 0.4) is 0 Å². The Morgan fingerprint density at radius 1 is 1.24 bits per heavy atom. The lowest BCUT2D eigenvalue weighted by atomic mass is 10.1. The molecule has 4 nitrogen and oxygen atoms in total. The molecule has 0 aromatic carbocycles. The number of thioether (sulfide) groups is 1. The van der Waals surface area contributed by atoms with Crippen LogP contribution in [0.1, 0.15) is 38.5 Å². The fourth-order valence-corrected chi connectivity index (χ4v) is 5.13. The van der Waals surface area contributed by atoms with E-state index in [0.717, 1.165) is 37.2 Å². The molecule has 116 valence electrons. The summed E-state index contributed by atoms with van der Waals surface area (Å²) in [5.74, 6) is 2.31. The van der Waals surface area contributed by atoms with Crippen LogP contribution in [-0.4, -0.2) is 39.5 Å². The molecule has 1 aromatic rings. The summed E-state index contributed by atoms with van der Waals surface area (Å²) < 4.78 is 0.604. The van der Waals surface area contributed by atoms with E-state index in [9.17, 15) is 4.79 Å². The van der Waals surface area contributed by atoms with Crippen molar-refractivity contribution in [3.05, 3.63) is 10.5 Å².